The maximum Gasteiger partial charge on any atom is 0.253 e. The van der Waals surface area contributed by atoms with Crippen LogP contribution in [0.15, 0.2) is 42.9 Å². The Bertz CT molecular complexity index is 809. The number of nitrogens with two attached hydrogens (primary N) is 3. The van der Waals surface area contributed by atoms with Crippen molar-refractivity contribution in [2.45, 2.75) is 19.3 Å². The van der Waals surface area contributed by atoms with Crippen molar-refractivity contribution in [3.63, 3.8) is 0 Å². The quantitative estimate of drug-likeness (QED) is 0.392. The van der Waals surface area contributed by atoms with Crippen molar-refractivity contribution in [1.82, 2.24) is 25.3 Å². The first-order valence-corrected chi connectivity index (χ1v) is 9.18. The third-order valence-electron chi connectivity index (χ3n) is 3.94. The molecule has 1 aliphatic rings. The van der Waals surface area contributed by atoms with E-state index in [1.807, 2.05) is 4.90 Å². The van der Waals surface area contributed by atoms with Crippen LogP contribution in [0.1, 0.15) is 29.6 Å². The standard InChI is InChI=1S/C12H16N2O.C3H4ClN3.C3H5N3/c13-11-6-4-10(5-7-11)12(15)14-8-2-1-3-9-14;4-3-2(5)1-6-7-3;4-3-1-5-6-2-3/h4-7H,1-3,8-9,13H2;1H,5H2,(H,6,7);1-2H,4H2,(H,5,6). The number of nitrogen functional groups attached to an aromatic ring is 3. The molecule has 10 heteroatoms. The Morgan fingerprint density at radius 2 is 1.64 bits per heavy atom. The van der Waals surface area contributed by atoms with Gasteiger partial charge in [0.15, 0.2) is 0 Å². The maximum atomic E-state index is 12.0. The normalized spacial score (nSPS) is 13.0. The van der Waals surface area contributed by atoms with E-state index in [-0.39, 0.29) is 5.91 Å². The van der Waals surface area contributed by atoms with E-state index in [4.69, 9.17) is 28.8 Å². The number of nitrogens with zero attached hydrogens (tertiary/aromatic N) is 3. The van der Waals surface area contributed by atoms with Crippen molar-refractivity contribution in [2.75, 3.05) is 30.3 Å². The predicted molar refractivity (Wildman–Crippen MR) is 112 cm³/mol. The molecular weight excluding hydrogens is 380 g/mol. The zero-order valence-corrected chi connectivity index (χ0v) is 16.2. The topological polar surface area (TPSA) is 156 Å². The lowest BCUT2D eigenvalue weighted by atomic mass is 10.1. The van der Waals surface area contributed by atoms with E-state index in [1.165, 1.54) is 12.6 Å². The number of aromatic nitrogens is 4. The fraction of sp³-hybridized carbons (Fsp3) is 0.278. The number of nitrogens with one attached hydrogen (secondary N) is 2. The second-order valence-corrected chi connectivity index (χ2v) is 6.52. The molecule has 8 N–H and O–H groups in total. The molecule has 1 amide bonds. The van der Waals surface area contributed by atoms with Crippen molar-refractivity contribution >= 4 is 34.6 Å². The number of carbonyl (C=O) groups excluding carboxylic acids is 1. The summed E-state index contributed by atoms with van der Waals surface area (Å²) >= 11 is 5.38. The van der Waals surface area contributed by atoms with Crippen LogP contribution >= 0.6 is 11.6 Å². The maximum absolute atomic E-state index is 12.0. The Hall–Kier alpha value is -3.20. The molecule has 9 nitrogen and oxygen atoms in total. The molecule has 0 radical (unpaired) electrons. The number of piperidine rings is 1. The first-order chi connectivity index (χ1) is 13.5. The zero-order valence-electron chi connectivity index (χ0n) is 15.4. The number of rotatable bonds is 1. The van der Waals surface area contributed by atoms with Gasteiger partial charge < -0.3 is 22.1 Å². The van der Waals surface area contributed by atoms with Gasteiger partial charge in [0.2, 0.25) is 0 Å². The Labute approximate surface area is 168 Å². The van der Waals surface area contributed by atoms with Crippen LogP contribution in [0.4, 0.5) is 17.1 Å². The lowest BCUT2D eigenvalue weighted by Gasteiger charge is -2.26. The molecule has 1 aromatic carbocycles. The SMILES string of the molecule is Nc1ccc(C(=O)N2CCCCC2)cc1.Nc1cn[nH]c1.Nc1cn[nH]c1Cl. The summed E-state index contributed by atoms with van der Waals surface area (Å²) < 4.78 is 0. The second kappa shape index (κ2) is 10.8. The van der Waals surface area contributed by atoms with Crippen LogP contribution in [0.2, 0.25) is 5.15 Å². The molecule has 1 fully saturated rings. The largest absolute Gasteiger partial charge is 0.399 e. The molecule has 28 heavy (non-hydrogen) atoms. The molecule has 0 unspecified atom stereocenters. The number of amides is 1. The number of benzene rings is 1. The van der Waals surface area contributed by atoms with E-state index in [1.54, 1.807) is 36.7 Å². The van der Waals surface area contributed by atoms with E-state index in [2.05, 4.69) is 20.4 Å². The summed E-state index contributed by atoms with van der Waals surface area (Å²) in [7, 11) is 0. The fourth-order valence-corrected chi connectivity index (χ4v) is 2.54. The number of hydrogen-bond donors (Lipinski definition) is 5. The van der Waals surface area contributed by atoms with Crippen LogP contribution in [-0.4, -0.2) is 44.3 Å². The highest BCUT2D eigenvalue weighted by Gasteiger charge is 2.17. The number of halogens is 1. The van der Waals surface area contributed by atoms with Crippen molar-refractivity contribution in [3.05, 3.63) is 53.6 Å². The van der Waals surface area contributed by atoms with Gasteiger partial charge in [-0.1, -0.05) is 11.6 Å². The number of likely N-dealkylation sites (tertiary alicyclic amines) is 1. The third kappa shape index (κ3) is 6.84. The molecule has 0 bridgehead atoms. The summed E-state index contributed by atoms with van der Waals surface area (Å²) in [5.41, 5.74) is 18.6. The highest BCUT2D eigenvalue weighted by Crippen LogP contribution is 2.14. The summed E-state index contributed by atoms with van der Waals surface area (Å²) in [4.78, 5) is 13.9. The van der Waals surface area contributed by atoms with Crippen molar-refractivity contribution < 1.29 is 4.79 Å². The first-order valence-electron chi connectivity index (χ1n) is 8.80. The smallest absolute Gasteiger partial charge is 0.253 e. The average molecular weight is 405 g/mol. The van der Waals surface area contributed by atoms with E-state index in [9.17, 15) is 4.79 Å². The van der Waals surface area contributed by atoms with Crippen LogP contribution in [-0.2, 0) is 0 Å². The summed E-state index contributed by atoms with van der Waals surface area (Å²) in [6.45, 7) is 1.78. The lowest BCUT2D eigenvalue weighted by molar-refractivity contribution is 0.0724. The molecule has 0 saturated carbocycles. The van der Waals surface area contributed by atoms with E-state index in [0.717, 1.165) is 31.5 Å². The molecule has 0 atom stereocenters. The van der Waals surface area contributed by atoms with E-state index in [0.29, 0.717) is 22.2 Å². The lowest BCUT2D eigenvalue weighted by Crippen LogP contribution is -2.35. The Morgan fingerprint density at radius 3 is 2.04 bits per heavy atom. The van der Waals surface area contributed by atoms with E-state index < -0.39 is 0 Å². The minimum atomic E-state index is 0.134. The van der Waals surface area contributed by atoms with Crippen molar-refractivity contribution in [1.29, 1.82) is 0 Å². The van der Waals surface area contributed by atoms with Crippen LogP contribution in [0.25, 0.3) is 0 Å². The van der Waals surface area contributed by atoms with Crippen molar-refractivity contribution in [2.24, 2.45) is 0 Å². The molecule has 2 aromatic heterocycles. The summed E-state index contributed by atoms with van der Waals surface area (Å²) in [5, 5.41) is 12.5. The highest BCUT2D eigenvalue weighted by atomic mass is 35.5. The highest BCUT2D eigenvalue weighted by molar-refractivity contribution is 6.31. The third-order valence-corrected chi connectivity index (χ3v) is 4.24. The molecule has 3 heterocycles. The van der Waals surface area contributed by atoms with Crippen LogP contribution in [0, 0.1) is 0 Å². The van der Waals surface area contributed by atoms with Crippen molar-refractivity contribution in [3.8, 4) is 0 Å². The van der Waals surface area contributed by atoms with Gasteiger partial charge in [-0.15, -0.1) is 0 Å². The van der Waals surface area contributed by atoms with Gasteiger partial charge in [-0.05, 0) is 43.5 Å². The van der Waals surface area contributed by atoms with Gasteiger partial charge in [0.05, 0.1) is 23.8 Å². The number of anilines is 3. The summed E-state index contributed by atoms with van der Waals surface area (Å²) in [6, 6.07) is 7.15. The Kier molecular flexibility index (Phi) is 8.16. The first kappa shape index (κ1) is 21.1. The van der Waals surface area contributed by atoms with Crippen LogP contribution in [0.5, 0.6) is 0 Å². The molecule has 4 rings (SSSR count). The van der Waals surface area contributed by atoms with Crippen LogP contribution in [0.3, 0.4) is 0 Å². The number of carbonyl (C=O) groups is 1. The second-order valence-electron chi connectivity index (χ2n) is 6.15. The van der Waals surface area contributed by atoms with E-state index >= 15 is 0 Å². The molecule has 1 saturated heterocycles. The predicted octanol–water partition coefficient (Wildman–Crippen LogP) is 2.53. The minimum Gasteiger partial charge on any atom is -0.399 e. The molecule has 0 aliphatic carbocycles. The number of H-pyrrole nitrogens is 2. The van der Waals surface area contributed by atoms with Gasteiger partial charge in [-0.25, -0.2) is 0 Å². The summed E-state index contributed by atoms with van der Waals surface area (Å²) in [5.74, 6) is 0.134. The van der Waals surface area contributed by atoms with Gasteiger partial charge in [0.25, 0.3) is 5.91 Å². The molecule has 1 aliphatic heterocycles. The van der Waals surface area contributed by atoms with Gasteiger partial charge >= 0.3 is 0 Å². The van der Waals surface area contributed by atoms with Gasteiger partial charge in [0, 0.05) is 30.5 Å². The average Bonchev–Trinajstić information content (AvgIpc) is 3.34. The Balaban J connectivity index is 0.000000178. The Morgan fingerprint density at radius 1 is 0.964 bits per heavy atom. The molecule has 3 aromatic rings. The zero-order chi connectivity index (χ0) is 20.4. The minimum absolute atomic E-state index is 0.134. The number of aromatic amines is 2. The molecule has 0 spiro atoms. The summed E-state index contributed by atoms with van der Waals surface area (Å²) in [6.07, 6.45) is 8.13. The van der Waals surface area contributed by atoms with Crippen LogP contribution < -0.4 is 17.2 Å². The van der Waals surface area contributed by atoms with Gasteiger partial charge in [-0.2, -0.15) is 10.2 Å². The molecular formula is C18H25ClN8O. The monoisotopic (exact) mass is 404 g/mol. The van der Waals surface area contributed by atoms with Gasteiger partial charge in [-0.3, -0.25) is 15.0 Å². The fourth-order valence-electron chi connectivity index (χ4n) is 2.45. The van der Waals surface area contributed by atoms with Gasteiger partial charge in [0.1, 0.15) is 5.15 Å². The number of hydrogen-bond acceptors (Lipinski definition) is 6. The molecule has 150 valence electrons.